The summed E-state index contributed by atoms with van der Waals surface area (Å²) in [7, 11) is 0. The van der Waals surface area contributed by atoms with Crippen molar-refractivity contribution in [3.8, 4) is 0 Å². The first kappa shape index (κ1) is 7.15. The Hall–Kier alpha value is 0.0400. The molecular weight excluding hydrogens is 248 g/mol. The second kappa shape index (κ2) is 2.75. The molecule has 0 aliphatic carbocycles. The van der Waals surface area contributed by atoms with E-state index in [1.807, 2.05) is 6.92 Å². The van der Waals surface area contributed by atoms with Gasteiger partial charge in [0, 0.05) is 0 Å². The van der Waals surface area contributed by atoms with Gasteiger partial charge in [-0.15, -0.1) is 0 Å². The lowest BCUT2D eigenvalue weighted by Gasteiger charge is -1.95. The van der Waals surface area contributed by atoms with Crippen LogP contribution in [0.2, 0.25) is 0 Å². The first-order valence-corrected chi connectivity index (χ1v) is 3.93. The Balaban J connectivity index is 3.25. The van der Waals surface area contributed by atoms with Crippen molar-refractivity contribution in [1.82, 2.24) is 9.97 Å². The van der Waals surface area contributed by atoms with Crippen LogP contribution in [0, 0.1) is 6.92 Å². The number of aryl methyl sites for hydroxylation is 1. The van der Waals surface area contributed by atoms with Crippen molar-refractivity contribution in [1.29, 1.82) is 0 Å². The number of hydrogen-bond donors (Lipinski definition) is 0. The van der Waals surface area contributed by atoms with E-state index in [4.69, 9.17) is 0 Å². The molecule has 0 saturated heterocycles. The summed E-state index contributed by atoms with van der Waals surface area (Å²) in [6.45, 7) is 1.91. The fourth-order valence-electron chi connectivity index (χ4n) is 0.429. The van der Waals surface area contributed by atoms with E-state index in [9.17, 15) is 0 Å². The van der Waals surface area contributed by atoms with Crippen LogP contribution in [-0.2, 0) is 0 Å². The largest absolute Gasteiger partial charge is 0.240 e. The second-order valence-corrected chi connectivity index (χ2v) is 3.11. The van der Waals surface area contributed by atoms with Gasteiger partial charge in [0.15, 0.2) is 0 Å². The summed E-state index contributed by atoms with van der Waals surface area (Å²) in [5.41, 5.74) is 0.942. The molecule has 1 rings (SSSR count). The van der Waals surface area contributed by atoms with E-state index in [-0.39, 0.29) is 0 Å². The Morgan fingerprint density at radius 1 is 1.33 bits per heavy atom. The Morgan fingerprint density at radius 2 is 2.00 bits per heavy atom. The highest BCUT2D eigenvalue weighted by molar-refractivity contribution is 9.13. The molecule has 0 amide bonds. The lowest BCUT2D eigenvalue weighted by atomic mass is 10.5. The highest BCUT2D eigenvalue weighted by Gasteiger charge is 1.98. The first-order chi connectivity index (χ1) is 4.22. The van der Waals surface area contributed by atoms with Crippen LogP contribution < -0.4 is 0 Å². The van der Waals surface area contributed by atoms with Crippen LogP contribution in [0.5, 0.6) is 0 Å². The molecule has 0 aromatic carbocycles. The average molecular weight is 252 g/mol. The van der Waals surface area contributed by atoms with E-state index in [0.717, 1.165) is 14.8 Å². The zero-order chi connectivity index (χ0) is 6.85. The van der Waals surface area contributed by atoms with Crippen molar-refractivity contribution in [3.63, 3.8) is 0 Å². The van der Waals surface area contributed by atoms with Crippen LogP contribution in [0.1, 0.15) is 5.69 Å². The number of nitrogens with zero attached hydrogens (tertiary/aromatic N) is 2. The summed E-state index contributed by atoms with van der Waals surface area (Å²) in [5, 5.41) is 0. The van der Waals surface area contributed by atoms with Gasteiger partial charge in [-0.2, -0.15) is 0 Å². The second-order valence-electron chi connectivity index (χ2n) is 1.56. The van der Waals surface area contributed by atoms with Crippen molar-refractivity contribution in [3.05, 3.63) is 21.1 Å². The van der Waals surface area contributed by atoms with Crippen LogP contribution in [0.3, 0.4) is 0 Å². The summed E-state index contributed by atoms with van der Waals surface area (Å²) in [5.74, 6) is 0. The van der Waals surface area contributed by atoms with Gasteiger partial charge in [0.25, 0.3) is 0 Å². The molecule has 1 aromatic heterocycles. The molecule has 2 nitrogen and oxygen atoms in total. The molecule has 9 heavy (non-hydrogen) atoms. The van der Waals surface area contributed by atoms with Gasteiger partial charge in [-0.25, -0.2) is 9.97 Å². The predicted molar refractivity (Wildman–Crippen MR) is 42.2 cm³/mol. The van der Waals surface area contributed by atoms with Gasteiger partial charge in [0.05, 0.1) is 10.2 Å². The van der Waals surface area contributed by atoms with E-state index in [0.29, 0.717) is 0 Å². The molecule has 0 bridgehead atoms. The first-order valence-electron chi connectivity index (χ1n) is 2.34. The summed E-state index contributed by atoms with van der Waals surface area (Å²) in [6.07, 6.45) is 1.52. The summed E-state index contributed by atoms with van der Waals surface area (Å²) < 4.78 is 1.72. The van der Waals surface area contributed by atoms with E-state index in [1.165, 1.54) is 6.33 Å². The van der Waals surface area contributed by atoms with Crippen LogP contribution in [0.25, 0.3) is 0 Å². The molecule has 1 aromatic rings. The number of aromatic nitrogens is 2. The quantitative estimate of drug-likeness (QED) is 0.662. The van der Waals surface area contributed by atoms with E-state index >= 15 is 0 Å². The molecule has 0 N–H and O–H groups in total. The SMILES string of the molecule is Cc1ncnc(Br)c1Br. The van der Waals surface area contributed by atoms with Gasteiger partial charge in [-0.05, 0) is 38.8 Å². The third kappa shape index (κ3) is 1.49. The van der Waals surface area contributed by atoms with Crippen LogP contribution in [0.4, 0.5) is 0 Å². The number of rotatable bonds is 0. The molecule has 0 spiro atoms. The van der Waals surface area contributed by atoms with Gasteiger partial charge in [0.1, 0.15) is 10.9 Å². The Morgan fingerprint density at radius 3 is 2.44 bits per heavy atom. The lowest BCUT2D eigenvalue weighted by molar-refractivity contribution is 1.06. The molecule has 0 aliphatic rings. The highest BCUT2D eigenvalue weighted by Crippen LogP contribution is 2.21. The average Bonchev–Trinajstić information content (AvgIpc) is 1.83. The standard InChI is InChI=1S/C5H4Br2N2/c1-3-4(6)5(7)9-2-8-3/h2H,1H3. The Bertz CT molecular complexity index is 204. The molecule has 0 atom stereocenters. The Kier molecular flexibility index (Phi) is 2.18. The third-order valence-corrected chi connectivity index (χ3v) is 3.00. The number of halogens is 2. The lowest BCUT2D eigenvalue weighted by Crippen LogP contribution is -1.85. The highest BCUT2D eigenvalue weighted by atomic mass is 79.9. The molecule has 4 heteroatoms. The van der Waals surface area contributed by atoms with Gasteiger partial charge >= 0.3 is 0 Å². The summed E-state index contributed by atoms with van der Waals surface area (Å²) in [6, 6.07) is 0. The van der Waals surface area contributed by atoms with Gasteiger partial charge in [-0.3, -0.25) is 0 Å². The van der Waals surface area contributed by atoms with Crippen molar-refractivity contribution in [2.75, 3.05) is 0 Å². The maximum Gasteiger partial charge on any atom is 0.123 e. The molecule has 0 aliphatic heterocycles. The number of hydrogen-bond acceptors (Lipinski definition) is 2. The smallest absolute Gasteiger partial charge is 0.123 e. The van der Waals surface area contributed by atoms with Crippen molar-refractivity contribution >= 4 is 31.9 Å². The normalized spacial score (nSPS) is 9.67. The van der Waals surface area contributed by atoms with Crippen LogP contribution in [-0.4, -0.2) is 9.97 Å². The van der Waals surface area contributed by atoms with Crippen LogP contribution >= 0.6 is 31.9 Å². The molecule has 0 saturated carbocycles. The van der Waals surface area contributed by atoms with Gasteiger partial charge < -0.3 is 0 Å². The molecule has 0 radical (unpaired) electrons. The third-order valence-electron chi connectivity index (χ3n) is 0.921. The van der Waals surface area contributed by atoms with Crippen LogP contribution in [0.15, 0.2) is 15.4 Å². The fourth-order valence-corrected chi connectivity index (χ4v) is 1.01. The van der Waals surface area contributed by atoms with Crippen molar-refractivity contribution in [2.24, 2.45) is 0 Å². The van der Waals surface area contributed by atoms with E-state index in [2.05, 4.69) is 41.8 Å². The molecular formula is C5H4Br2N2. The maximum atomic E-state index is 3.95. The minimum Gasteiger partial charge on any atom is -0.240 e. The Labute approximate surface area is 70.0 Å². The zero-order valence-corrected chi connectivity index (χ0v) is 7.90. The minimum absolute atomic E-state index is 0.801. The molecule has 0 fully saturated rings. The summed E-state index contributed by atoms with van der Waals surface area (Å²) in [4.78, 5) is 7.85. The minimum atomic E-state index is 0.801. The molecule has 48 valence electrons. The van der Waals surface area contributed by atoms with E-state index < -0.39 is 0 Å². The topological polar surface area (TPSA) is 25.8 Å². The monoisotopic (exact) mass is 250 g/mol. The van der Waals surface area contributed by atoms with Gasteiger partial charge in [0.2, 0.25) is 0 Å². The van der Waals surface area contributed by atoms with Gasteiger partial charge in [-0.1, -0.05) is 0 Å². The summed E-state index contributed by atoms with van der Waals surface area (Å²) >= 11 is 6.56. The van der Waals surface area contributed by atoms with Crippen molar-refractivity contribution in [2.45, 2.75) is 6.92 Å². The fraction of sp³-hybridized carbons (Fsp3) is 0.200. The molecule has 0 unspecified atom stereocenters. The molecule has 1 heterocycles. The predicted octanol–water partition coefficient (Wildman–Crippen LogP) is 2.31. The van der Waals surface area contributed by atoms with Crippen molar-refractivity contribution < 1.29 is 0 Å². The van der Waals surface area contributed by atoms with E-state index in [1.54, 1.807) is 0 Å². The zero-order valence-electron chi connectivity index (χ0n) is 4.73. The maximum absolute atomic E-state index is 3.95.